The lowest BCUT2D eigenvalue weighted by molar-refractivity contribution is -0.137. The molecule has 0 atom stereocenters. The summed E-state index contributed by atoms with van der Waals surface area (Å²) in [7, 11) is 0. The first kappa shape index (κ1) is 18.2. The van der Waals surface area contributed by atoms with Crippen LogP contribution in [0.15, 0.2) is 34.9 Å². The van der Waals surface area contributed by atoms with Gasteiger partial charge in [-0.25, -0.2) is 0 Å². The van der Waals surface area contributed by atoms with Crippen LogP contribution >= 0.6 is 0 Å². The number of hydrogen-bond acceptors (Lipinski definition) is 4. The van der Waals surface area contributed by atoms with E-state index in [-0.39, 0.29) is 5.91 Å². The van der Waals surface area contributed by atoms with Crippen molar-refractivity contribution in [3.8, 4) is 0 Å². The number of benzene rings is 1. The van der Waals surface area contributed by atoms with Crippen LogP contribution in [0, 0.1) is 6.92 Å². The molecule has 0 saturated heterocycles. The maximum atomic E-state index is 12.6. The number of nitrogens with one attached hydrogen (secondary N) is 1. The molecule has 1 amide bonds. The minimum atomic E-state index is -4.38. The van der Waals surface area contributed by atoms with Gasteiger partial charge in [-0.2, -0.15) is 18.2 Å². The van der Waals surface area contributed by atoms with Gasteiger partial charge in [-0.05, 0) is 36.6 Å². The molecule has 138 valence electrons. The van der Waals surface area contributed by atoms with Crippen LogP contribution in [-0.2, 0) is 16.5 Å². The molecule has 8 heteroatoms. The van der Waals surface area contributed by atoms with Crippen molar-refractivity contribution in [2.24, 2.45) is 0 Å². The van der Waals surface area contributed by atoms with Crippen molar-refractivity contribution >= 4 is 12.0 Å². The van der Waals surface area contributed by atoms with Gasteiger partial charge in [0, 0.05) is 13.0 Å². The van der Waals surface area contributed by atoms with Crippen LogP contribution in [0.25, 0.3) is 6.08 Å². The Morgan fingerprint density at radius 3 is 2.42 bits per heavy atom. The largest absolute Gasteiger partial charge is 0.416 e. The van der Waals surface area contributed by atoms with Gasteiger partial charge >= 0.3 is 6.18 Å². The Morgan fingerprint density at radius 2 is 1.88 bits per heavy atom. The van der Waals surface area contributed by atoms with Crippen molar-refractivity contribution in [1.29, 1.82) is 0 Å². The first-order valence-electron chi connectivity index (χ1n) is 8.27. The summed E-state index contributed by atoms with van der Waals surface area (Å²) >= 11 is 0. The highest BCUT2D eigenvalue weighted by Gasteiger charge is 2.40. The van der Waals surface area contributed by atoms with E-state index in [0.29, 0.717) is 30.1 Å². The van der Waals surface area contributed by atoms with E-state index in [4.69, 9.17) is 4.52 Å². The van der Waals surface area contributed by atoms with Crippen LogP contribution in [0.4, 0.5) is 13.2 Å². The third-order valence-corrected chi connectivity index (χ3v) is 4.44. The van der Waals surface area contributed by atoms with Crippen molar-refractivity contribution in [3.63, 3.8) is 0 Å². The zero-order valence-electron chi connectivity index (χ0n) is 14.1. The Bertz CT molecular complexity index is 804. The minimum absolute atomic E-state index is 0.353. The molecule has 1 heterocycles. The molecule has 5 nitrogen and oxygen atoms in total. The summed E-state index contributed by atoms with van der Waals surface area (Å²) in [5.74, 6) is 0.541. The molecule has 1 aromatic carbocycles. The zero-order chi connectivity index (χ0) is 18.8. The highest BCUT2D eigenvalue weighted by atomic mass is 19.4. The van der Waals surface area contributed by atoms with Crippen LogP contribution in [0.1, 0.15) is 48.5 Å². The Kier molecular flexibility index (Phi) is 4.84. The number of rotatable bonds is 4. The van der Waals surface area contributed by atoms with Gasteiger partial charge in [-0.3, -0.25) is 4.79 Å². The maximum absolute atomic E-state index is 12.6. The number of carbonyl (C=O) groups excluding carboxylic acids is 1. The normalized spacial score (nSPS) is 16.9. The molecule has 26 heavy (non-hydrogen) atoms. The van der Waals surface area contributed by atoms with E-state index in [1.807, 2.05) is 0 Å². The van der Waals surface area contributed by atoms with Crippen molar-refractivity contribution in [1.82, 2.24) is 15.5 Å². The van der Waals surface area contributed by atoms with E-state index in [2.05, 4.69) is 15.5 Å². The fourth-order valence-corrected chi connectivity index (χ4v) is 3.11. The Morgan fingerprint density at radius 1 is 1.23 bits per heavy atom. The predicted molar refractivity (Wildman–Crippen MR) is 87.8 cm³/mol. The smallest absolute Gasteiger partial charge is 0.340 e. The number of nitrogens with zero attached hydrogens (tertiary/aromatic N) is 2. The Labute approximate surface area is 148 Å². The van der Waals surface area contributed by atoms with Gasteiger partial charge < -0.3 is 9.84 Å². The summed E-state index contributed by atoms with van der Waals surface area (Å²) in [4.78, 5) is 16.6. The topological polar surface area (TPSA) is 68.0 Å². The third-order valence-electron chi connectivity index (χ3n) is 4.44. The number of carbonyl (C=O) groups is 1. The number of aryl methyl sites for hydroxylation is 1. The van der Waals surface area contributed by atoms with Crippen molar-refractivity contribution in [2.45, 2.75) is 44.3 Å². The summed E-state index contributed by atoms with van der Waals surface area (Å²) in [6.45, 7) is 1.69. The molecular weight excluding hydrogens is 347 g/mol. The molecule has 1 aromatic heterocycles. The van der Waals surface area contributed by atoms with Gasteiger partial charge in [-0.1, -0.05) is 30.1 Å². The standard InChI is InChI=1S/C18H18F3N3O2/c1-12-22-16(24-26-12)17(10-2-3-11-17)23-15(25)9-6-13-4-7-14(8-5-13)18(19,20)21/h4-9H,2-3,10-11H2,1H3,(H,23,25)/b9-6+. The lowest BCUT2D eigenvalue weighted by Gasteiger charge is -2.25. The third kappa shape index (κ3) is 3.95. The number of halogens is 3. The summed E-state index contributed by atoms with van der Waals surface area (Å²) in [5, 5.41) is 6.88. The van der Waals surface area contributed by atoms with Crippen LogP contribution in [-0.4, -0.2) is 16.0 Å². The van der Waals surface area contributed by atoms with Gasteiger partial charge in [0.15, 0.2) is 5.82 Å². The summed E-state index contributed by atoms with van der Waals surface area (Å²) < 4.78 is 42.7. The van der Waals surface area contributed by atoms with Crippen molar-refractivity contribution in [2.75, 3.05) is 0 Å². The Balaban J connectivity index is 1.70. The average molecular weight is 365 g/mol. The summed E-state index contributed by atoms with van der Waals surface area (Å²) in [6, 6.07) is 4.61. The quantitative estimate of drug-likeness (QED) is 0.832. The minimum Gasteiger partial charge on any atom is -0.340 e. The van der Waals surface area contributed by atoms with Gasteiger partial charge in [0.25, 0.3) is 0 Å². The fourth-order valence-electron chi connectivity index (χ4n) is 3.11. The number of aromatic nitrogens is 2. The van der Waals surface area contributed by atoms with E-state index in [1.165, 1.54) is 24.3 Å². The van der Waals surface area contributed by atoms with Gasteiger partial charge in [0.05, 0.1) is 5.56 Å². The number of hydrogen-bond donors (Lipinski definition) is 1. The molecule has 1 aliphatic carbocycles. The second-order valence-electron chi connectivity index (χ2n) is 6.37. The molecule has 1 fully saturated rings. The molecule has 0 aliphatic heterocycles. The van der Waals surface area contributed by atoms with E-state index < -0.39 is 17.3 Å². The highest BCUT2D eigenvalue weighted by Crippen LogP contribution is 2.37. The van der Waals surface area contributed by atoms with Crippen LogP contribution in [0.2, 0.25) is 0 Å². The second kappa shape index (κ2) is 6.93. The van der Waals surface area contributed by atoms with E-state index in [0.717, 1.165) is 25.0 Å². The molecule has 0 spiro atoms. The first-order chi connectivity index (χ1) is 12.3. The van der Waals surface area contributed by atoms with Gasteiger partial charge in [0.2, 0.25) is 11.8 Å². The second-order valence-corrected chi connectivity index (χ2v) is 6.37. The zero-order valence-corrected chi connectivity index (χ0v) is 14.1. The van der Waals surface area contributed by atoms with E-state index in [9.17, 15) is 18.0 Å². The monoisotopic (exact) mass is 365 g/mol. The predicted octanol–water partition coefficient (Wildman–Crippen LogP) is 4.00. The fraction of sp³-hybridized carbons (Fsp3) is 0.389. The van der Waals surface area contributed by atoms with Crippen LogP contribution < -0.4 is 5.32 Å². The molecule has 2 aromatic rings. The molecule has 0 bridgehead atoms. The van der Waals surface area contributed by atoms with Gasteiger partial charge in [-0.15, -0.1) is 0 Å². The highest BCUT2D eigenvalue weighted by molar-refractivity contribution is 5.92. The average Bonchev–Trinajstić information content (AvgIpc) is 3.22. The van der Waals surface area contributed by atoms with E-state index >= 15 is 0 Å². The van der Waals surface area contributed by atoms with Crippen molar-refractivity contribution in [3.05, 3.63) is 53.2 Å². The lowest BCUT2D eigenvalue weighted by Crippen LogP contribution is -2.44. The Hall–Kier alpha value is -2.64. The van der Waals surface area contributed by atoms with Gasteiger partial charge in [0.1, 0.15) is 5.54 Å². The van der Waals surface area contributed by atoms with Crippen LogP contribution in [0.3, 0.4) is 0 Å². The van der Waals surface area contributed by atoms with Crippen molar-refractivity contribution < 1.29 is 22.5 Å². The van der Waals surface area contributed by atoms with Crippen LogP contribution in [0.5, 0.6) is 0 Å². The molecule has 3 rings (SSSR count). The maximum Gasteiger partial charge on any atom is 0.416 e. The summed E-state index contributed by atoms with van der Waals surface area (Å²) in [5.41, 5.74) is -0.875. The number of alkyl halides is 3. The van der Waals surface area contributed by atoms with E-state index in [1.54, 1.807) is 6.92 Å². The molecule has 0 radical (unpaired) electrons. The first-order valence-corrected chi connectivity index (χ1v) is 8.27. The number of amides is 1. The molecule has 0 unspecified atom stereocenters. The lowest BCUT2D eigenvalue weighted by atomic mass is 9.96. The molecule has 1 N–H and O–H groups in total. The molecular formula is C18H18F3N3O2. The molecule has 1 aliphatic rings. The molecule has 1 saturated carbocycles. The summed E-state index contributed by atoms with van der Waals surface area (Å²) in [6.07, 6.45) is 1.71. The SMILES string of the molecule is Cc1nc(C2(NC(=O)/C=C/c3ccc(C(F)(F)F)cc3)CCCC2)no1.